The van der Waals surface area contributed by atoms with Gasteiger partial charge in [-0.25, -0.2) is 0 Å². The normalized spacial score (nSPS) is 27.2. The van der Waals surface area contributed by atoms with E-state index in [1.165, 1.54) is 0 Å². The number of halogens is 2. The van der Waals surface area contributed by atoms with Crippen LogP contribution in [0.5, 0.6) is 0 Å². The van der Waals surface area contributed by atoms with Crippen molar-refractivity contribution in [3.05, 3.63) is 0 Å². The summed E-state index contributed by atoms with van der Waals surface area (Å²) in [6.07, 6.45) is 0.712. The highest BCUT2D eigenvalue weighted by Gasteiger charge is 2.14. The van der Waals surface area contributed by atoms with Crippen LogP contribution in [0.25, 0.3) is 0 Å². The third-order valence-electron chi connectivity index (χ3n) is 1.14. The van der Waals surface area contributed by atoms with Gasteiger partial charge >= 0.3 is 0 Å². The van der Waals surface area contributed by atoms with Gasteiger partial charge < -0.3 is 0 Å². The average molecular weight is 165 g/mol. The molecule has 1 rings (SSSR count). The van der Waals surface area contributed by atoms with Crippen molar-refractivity contribution in [3.63, 3.8) is 0 Å². The molecule has 50 valence electrons. The monoisotopic (exact) mass is 164 g/mol. The number of hydrogen-bond acceptors (Lipinski definition) is 2. The lowest BCUT2D eigenvalue weighted by molar-refractivity contribution is 0.809. The molecule has 0 bridgehead atoms. The highest BCUT2D eigenvalue weighted by molar-refractivity contribution is 6.69. The summed E-state index contributed by atoms with van der Waals surface area (Å²) in [7, 11) is 0. The van der Waals surface area contributed by atoms with E-state index in [0.29, 0.717) is 16.8 Å². The Morgan fingerprint density at radius 1 is 1.44 bits per heavy atom. The fourth-order valence-electron chi connectivity index (χ4n) is 0.578. The minimum atomic E-state index is 0.233. The SMILES string of the molecule is CC1CC(Cl)=NN=C1Cl. The Morgan fingerprint density at radius 2 is 2.11 bits per heavy atom. The third-order valence-corrected chi connectivity index (χ3v) is 1.81. The largest absolute Gasteiger partial charge is 0.142 e. The molecule has 2 nitrogen and oxygen atoms in total. The van der Waals surface area contributed by atoms with Gasteiger partial charge in [-0.1, -0.05) is 30.1 Å². The average Bonchev–Trinajstić information content (AvgIpc) is 1.80. The zero-order valence-corrected chi connectivity index (χ0v) is 6.45. The van der Waals surface area contributed by atoms with Crippen molar-refractivity contribution in [1.29, 1.82) is 0 Å². The summed E-state index contributed by atoms with van der Waals surface area (Å²) < 4.78 is 0. The second kappa shape index (κ2) is 2.67. The summed E-state index contributed by atoms with van der Waals surface area (Å²) in [5, 5.41) is 8.30. The van der Waals surface area contributed by atoms with Crippen molar-refractivity contribution in [2.75, 3.05) is 0 Å². The fourth-order valence-corrected chi connectivity index (χ4v) is 0.962. The standard InChI is InChI=1S/C5H6Cl2N2/c1-3-2-4(6)8-9-5(3)7/h3H,2H2,1H3. The van der Waals surface area contributed by atoms with Crippen molar-refractivity contribution in [1.82, 2.24) is 0 Å². The van der Waals surface area contributed by atoms with Crippen molar-refractivity contribution in [2.45, 2.75) is 13.3 Å². The third kappa shape index (κ3) is 1.66. The van der Waals surface area contributed by atoms with Gasteiger partial charge in [-0.05, 0) is 0 Å². The minimum absolute atomic E-state index is 0.233. The molecule has 0 radical (unpaired) electrons. The van der Waals surface area contributed by atoms with Crippen LogP contribution in [0.15, 0.2) is 10.2 Å². The molecular formula is C5H6Cl2N2. The van der Waals surface area contributed by atoms with Gasteiger partial charge in [0.15, 0.2) is 0 Å². The Bertz CT molecular complexity index is 174. The molecule has 1 heterocycles. The number of hydrogen-bond donors (Lipinski definition) is 0. The van der Waals surface area contributed by atoms with Gasteiger partial charge in [0.2, 0.25) is 0 Å². The van der Waals surface area contributed by atoms with E-state index in [-0.39, 0.29) is 5.92 Å². The Labute approximate surface area is 63.6 Å². The lowest BCUT2D eigenvalue weighted by Gasteiger charge is -2.09. The summed E-state index contributed by atoms with van der Waals surface area (Å²) in [5.41, 5.74) is 0. The number of nitrogens with zero attached hydrogens (tertiary/aromatic N) is 2. The smallest absolute Gasteiger partial charge is 0.132 e. The van der Waals surface area contributed by atoms with E-state index in [4.69, 9.17) is 23.2 Å². The summed E-state index contributed by atoms with van der Waals surface area (Å²) in [4.78, 5) is 0. The molecule has 4 heteroatoms. The maximum Gasteiger partial charge on any atom is 0.132 e. The van der Waals surface area contributed by atoms with E-state index in [9.17, 15) is 0 Å². The van der Waals surface area contributed by atoms with E-state index in [0.717, 1.165) is 0 Å². The van der Waals surface area contributed by atoms with E-state index in [1.807, 2.05) is 6.92 Å². The summed E-state index contributed by atoms with van der Waals surface area (Å²) in [6.45, 7) is 1.96. The Kier molecular flexibility index (Phi) is 2.09. The predicted molar refractivity (Wildman–Crippen MR) is 40.4 cm³/mol. The Morgan fingerprint density at radius 3 is 2.56 bits per heavy atom. The van der Waals surface area contributed by atoms with Crippen LogP contribution >= 0.6 is 23.2 Å². The molecule has 0 amide bonds. The predicted octanol–water partition coefficient (Wildman–Crippen LogP) is 2.22. The van der Waals surface area contributed by atoms with Gasteiger partial charge in [-0.15, -0.1) is 10.2 Å². The van der Waals surface area contributed by atoms with Crippen molar-refractivity contribution < 1.29 is 0 Å². The van der Waals surface area contributed by atoms with Crippen LogP contribution in [-0.2, 0) is 0 Å². The molecule has 0 saturated heterocycles. The molecule has 0 aliphatic carbocycles. The zero-order chi connectivity index (χ0) is 6.85. The molecule has 1 atom stereocenters. The van der Waals surface area contributed by atoms with Crippen LogP contribution in [0.1, 0.15) is 13.3 Å². The molecule has 0 saturated carbocycles. The van der Waals surface area contributed by atoms with Crippen LogP contribution < -0.4 is 0 Å². The van der Waals surface area contributed by atoms with Gasteiger partial charge in [0, 0.05) is 12.3 Å². The van der Waals surface area contributed by atoms with Crippen LogP contribution in [0, 0.1) is 5.92 Å². The van der Waals surface area contributed by atoms with E-state index >= 15 is 0 Å². The van der Waals surface area contributed by atoms with Gasteiger partial charge in [-0.3, -0.25) is 0 Å². The second-order valence-electron chi connectivity index (χ2n) is 2.00. The summed E-state index contributed by atoms with van der Waals surface area (Å²) in [6, 6.07) is 0. The first-order valence-electron chi connectivity index (χ1n) is 2.65. The van der Waals surface area contributed by atoms with E-state index in [2.05, 4.69) is 10.2 Å². The second-order valence-corrected chi connectivity index (χ2v) is 2.83. The van der Waals surface area contributed by atoms with Crippen LogP contribution in [-0.4, -0.2) is 10.3 Å². The molecule has 0 aromatic carbocycles. The highest BCUT2D eigenvalue weighted by atomic mass is 35.5. The summed E-state index contributed by atoms with van der Waals surface area (Å²) in [5.74, 6) is 0.233. The quantitative estimate of drug-likeness (QED) is 0.525. The zero-order valence-electron chi connectivity index (χ0n) is 4.93. The van der Waals surface area contributed by atoms with Crippen LogP contribution in [0.3, 0.4) is 0 Å². The lowest BCUT2D eigenvalue weighted by Crippen LogP contribution is -2.11. The van der Waals surface area contributed by atoms with Crippen molar-refractivity contribution >= 4 is 33.5 Å². The van der Waals surface area contributed by atoms with E-state index < -0.39 is 0 Å². The molecular weight excluding hydrogens is 159 g/mol. The molecule has 0 spiro atoms. The molecule has 0 N–H and O–H groups in total. The molecule has 1 aliphatic heterocycles. The molecule has 9 heavy (non-hydrogen) atoms. The van der Waals surface area contributed by atoms with E-state index in [1.54, 1.807) is 0 Å². The molecule has 0 aromatic rings. The molecule has 1 aliphatic rings. The number of rotatable bonds is 0. The van der Waals surface area contributed by atoms with Gasteiger partial charge in [0.05, 0.1) is 0 Å². The minimum Gasteiger partial charge on any atom is -0.142 e. The maximum absolute atomic E-state index is 5.62. The van der Waals surface area contributed by atoms with Crippen molar-refractivity contribution in [3.8, 4) is 0 Å². The van der Waals surface area contributed by atoms with Crippen LogP contribution in [0.2, 0.25) is 0 Å². The Balaban J connectivity index is 2.74. The topological polar surface area (TPSA) is 24.7 Å². The first-order chi connectivity index (χ1) is 4.20. The van der Waals surface area contributed by atoms with Crippen molar-refractivity contribution in [2.24, 2.45) is 16.1 Å². The lowest BCUT2D eigenvalue weighted by atomic mass is 10.1. The summed E-state index contributed by atoms with van der Waals surface area (Å²) >= 11 is 11.2. The highest BCUT2D eigenvalue weighted by Crippen LogP contribution is 2.16. The van der Waals surface area contributed by atoms with Gasteiger partial charge in [-0.2, -0.15) is 0 Å². The molecule has 0 fully saturated rings. The maximum atomic E-state index is 5.62. The molecule has 1 unspecified atom stereocenters. The Hall–Kier alpha value is -0.0800. The van der Waals surface area contributed by atoms with Crippen LogP contribution in [0.4, 0.5) is 0 Å². The van der Waals surface area contributed by atoms with Gasteiger partial charge in [0.1, 0.15) is 10.3 Å². The molecule has 0 aromatic heterocycles. The first kappa shape index (κ1) is 7.03. The fraction of sp³-hybridized carbons (Fsp3) is 0.600. The van der Waals surface area contributed by atoms with Gasteiger partial charge in [0.25, 0.3) is 0 Å². The first-order valence-corrected chi connectivity index (χ1v) is 3.41.